The van der Waals surface area contributed by atoms with E-state index in [1.54, 1.807) is 0 Å². The van der Waals surface area contributed by atoms with Gasteiger partial charge in [0.25, 0.3) is 5.91 Å². The van der Waals surface area contributed by atoms with Crippen LogP contribution in [-0.2, 0) is 4.79 Å². The minimum Gasteiger partial charge on any atom is -0.481 e. The van der Waals surface area contributed by atoms with Gasteiger partial charge in [-0.15, -0.1) is 11.8 Å². The average molecular weight is 492 g/mol. The highest BCUT2D eigenvalue weighted by atomic mass is 79.9. The molecule has 0 bridgehead atoms. The molecule has 0 aliphatic carbocycles. The Hall–Kier alpha value is -1.79. The number of rotatable bonds is 12. The second kappa shape index (κ2) is 12.8. The number of halogens is 1. The number of carboxylic acids is 1. The molecular formula is C24H30BrNO3S. The number of benzene rings is 2. The van der Waals surface area contributed by atoms with Crippen LogP contribution in [0.4, 0.5) is 0 Å². The number of carboxylic acid groups (broad SMARTS) is 1. The maximum Gasteiger partial charge on any atom is 0.305 e. The first kappa shape index (κ1) is 24.5. The average Bonchev–Trinajstić information content (AvgIpc) is 2.73. The van der Waals surface area contributed by atoms with Crippen molar-refractivity contribution in [2.45, 2.75) is 56.1 Å². The Labute approximate surface area is 192 Å². The second-order valence-electron chi connectivity index (χ2n) is 7.57. The molecule has 2 rings (SSSR count). The van der Waals surface area contributed by atoms with Crippen LogP contribution in [0.15, 0.2) is 57.9 Å². The van der Waals surface area contributed by atoms with Gasteiger partial charge in [0.1, 0.15) is 0 Å². The molecule has 0 fully saturated rings. The lowest BCUT2D eigenvalue weighted by Crippen LogP contribution is -2.25. The van der Waals surface area contributed by atoms with Crippen LogP contribution in [0.3, 0.4) is 0 Å². The van der Waals surface area contributed by atoms with Gasteiger partial charge >= 0.3 is 5.97 Å². The zero-order chi connectivity index (χ0) is 21.9. The fourth-order valence-electron chi connectivity index (χ4n) is 3.20. The first-order valence-electron chi connectivity index (χ1n) is 10.4. The monoisotopic (exact) mass is 491 g/mol. The lowest BCUT2D eigenvalue weighted by Gasteiger charge is -2.21. The maximum atomic E-state index is 12.2. The van der Waals surface area contributed by atoms with Crippen molar-refractivity contribution >= 4 is 39.6 Å². The van der Waals surface area contributed by atoms with Gasteiger partial charge in [-0.05, 0) is 54.3 Å². The van der Waals surface area contributed by atoms with Crippen molar-refractivity contribution in [2.75, 3.05) is 6.54 Å². The summed E-state index contributed by atoms with van der Waals surface area (Å²) in [5.74, 6) is -0.538. The van der Waals surface area contributed by atoms with Crippen LogP contribution in [0.25, 0.3) is 0 Å². The molecule has 0 aliphatic rings. The maximum absolute atomic E-state index is 12.2. The van der Waals surface area contributed by atoms with Gasteiger partial charge in [0.2, 0.25) is 0 Å². The van der Waals surface area contributed by atoms with Gasteiger partial charge in [0, 0.05) is 26.7 Å². The van der Waals surface area contributed by atoms with Crippen molar-refractivity contribution in [3.63, 3.8) is 0 Å². The third-order valence-corrected chi connectivity index (χ3v) is 6.75. The van der Waals surface area contributed by atoms with E-state index < -0.39 is 5.97 Å². The zero-order valence-corrected chi connectivity index (χ0v) is 20.0. The molecule has 2 aromatic carbocycles. The summed E-state index contributed by atoms with van der Waals surface area (Å²) in [6.07, 6.45) is 4.67. The van der Waals surface area contributed by atoms with Gasteiger partial charge in [-0.2, -0.15) is 0 Å². The van der Waals surface area contributed by atoms with Gasteiger partial charge in [-0.25, -0.2) is 0 Å². The second-order valence-corrected chi connectivity index (χ2v) is 9.76. The Kier molecular flexibility index (Phi) is 10.4. The van der Waals surface area contributed by atoms with E-state index in [1.807, 2.05) is 36.0 Å². The highest BCUT2D eigenvalue weighted by Crippen LogP contribution is 2.41. The molecule has 0 heterocycles. The van der Waals surface area contributed by atoms with E-state index in [-0.39, 0.29) is 18.9 Å². The largest absolute Gasteiger partial charge is 0.481 e. The van der Waals surface area contributed by atoms with Crippen LogP contribution >= 0.6 is 27.7 Å². The highest BCUT2D eigenvalue weighted by molar-refractivity contribution is 9.10. The molecule has 0 saturated carbocycles. The number of carbonyl (C=O) groups is 2. The predicted octanol–water partition coefficient (Wildman–Crippen LogP) is 6.70. The summed E-state index contributed by atoms with van der Waals surface area (Å²) >= 11 is 5.35. The molecule has 0 saturated heterocycles. The molecular weight excluding hydrogens is 462 g/mol. The summed E-state index contributed by atoms with van der Waals surface area (Å²) in [5, 5.41) is 11.7. The first-order chi connectivity index (χ1) is 14.4. The van der Waals surface area contributed by atoms with Crippen LogP contribution in [0.1, 0.15) is 67.1 Å². The van der Waals surface area contributed by atoms with E-state index in [1.165, 1.54) is 29.7 Å². The summed E-state index contributed by atoms with van der Waals surface area (Å²) in [5.41, 5.74) is 1.75. The van der Waals surface area contributed by atoms with E-state index in [2.05, 4.69) is 59.4 Å². The molecule has 2 N–H and O–H groups in total. The Balaban J connectivity index is 2.10. The van der Waals surface area contributed by atoms with Crippen LogP contribution < -0.4 is 5.32 Å². The summed E-state index contributed by atoms with van der Waals surface area (Å²) in [6, 6.07) is 16.1. The number of hydrogen-bond donors (Lipinski definition) is 2. The fourth-order valence-corrected chi connectivity index (χ4v) is 4.80. The van der Waals surface area contributed by atoms with E-state index in [4.69, 9.17) is 5.11 Å². The quantitative estimate of drug-likeness (QED) is 0.324. The number of aliphatic carboxylic acids is 1. The van der Waals surface area contributed by atoms with E-state index in [0.717, 1.165) is 10.9 Å². The molecule has 162 valence electrons. The number of hydrogen-bond acceptors (Lipinski definition) is 3. The summed E-state index contributed by atoms with van der Waals surface area (Å²) < 4.78 is 1.07. The van der Waals surface area contributed by atoms with Gasteiger partial charge in [0.15, 0.2) is 0 Å². The van der Waals surface area contributed by atoms with Crippen LogP contribution in [0.2, 0.25) is 0 Å². The third-order valence-electron chi connectivity index (χ3n) is 4.93. The number of unbranched alkanes of at least 4 members (excludes halogenated alkanes) is 1. The summed E-state index contributed by atoms with van der Waals surface area (Å²) in [6.45, 7) is 4.67. The van der Waals surface area contributed by atoms with Gasteiger partial charge < -0.3 is 10.4 Å². The zero-order valence-electron chi connectivity index (χ0n) is 17.6. The molecule has 2 atom stereocenters. The number of amides is 1. The third kappa shape index (κ3) is 8.52. The van der Waals surface area contributed by atoms with Gasteiger partial charge in [-0.3, -0.25) is 9.59 Å². The van der Waals surface area contributed by atoms with Crippen molar-refractivity contribution in [3.8, 4) is 0 Å². The smallest absolute Gasteiger partial charge is 0.305 e. The fraction of sp³-hybridized carbons (Fsp3) is 0.417. The van der Waals surface area contributed by atoms with E-state index >= 15 is 0 Å². The Morgan fingerprint density at radius 1 is 1.10 bits per heavy atom. The molecule has 2 unspecified atom stereocenters. The van der Waals surface area contributed by atoms with Crippen molar-refractivity contribution in [3.05, 3.63) is 64.1 Å². The minimum absolute atomic E-state index is 0.0780. The molecule has 2 aromatic rings. The minimum atomic E-state index is -0.921. The summed E-state index contributed by atoms with van der Waals surface area (Å²) in [4.78, 5) is 24.0. The lowest BCUT2D eigenvalue weighted by atomic mass is 9.95. The molecule has 4 nitrogen and oxygen atoms in total. The molecule has 6 heteroatoms. The standard InChI is InChI=1S/C24H30BrNO3S/c1-3-4-5-17(2)16-22(30-21-12-10-20(25)11-13-21)18-6-8-19(9-7-18)24(29)26-15-14-23(27)28/h6-13,17,22H,3-5,14-16H2,1-2H3,(H,26,29)(H,27,28). The number of thioether (sulfide) groups is 1. The Bertz CT molecular complexity index is 808. The predicted molar refractivity (Wildman–Crippen MR) is 127 cm³/mol. The lowest BCUT2D eigenvalue weighted by molar-refractivity contribution is -0.136. The van der Waals surface area contributed by atoms with Crippen LogP contribution in [-0.4, -0.2) is 23.5 Å². The van der Waals surface area contributed by atoms with Crippen LogP contribution in [0.5, 0.6) is 0 Å². The van der Waals surface area contributed by atoms with Crippen molar-refractivity contribution in [2.24, 2.45) is 5.92 Å². The molecule has 0 spiro atoms. The Morgan fingerprint density at radius 3 is 2.37 bits per heavy atom. The van der Waals surface area contributed by atoms with Crippen LogP contribution in [0, 0.1) is 5.92 Å². The van der Waals surface area contributed by atoms with Gasteiger partial charge in [0.05, 0.1) is 6.42 Å². The molecule has 1 amide bonds. The normalized spacial score (nSPS) is 12.9. The van der Waals surface area contributed by atoms with Crippen molar-refractivity contribution in [1.29, 1.82) is 0 Å². The molecule has 30 heavy (non-hydrogen) atoms. The van der Waals surface area contributed by atoms with Crippen molar-refractivity contribution < 1.29 is 14.7 Å². The van der Waals surface area contributed by atoms with Crippen molar-refractivity contribution in [1.82, 2.24) is 5.32 Å². The number of carbonyl (C=O) groups excluding carboxylic acids is 1. The Morgan fingerprint density at radius 2 is 1.77 bits per heavy atom. The first-order valence-corrected chi connectivity index (χ1v) is 12.1. The van der Waals surface area contributed by atoms with Gasteiger partial charge in [-0.1, -0.05) is 61.2 Å². The molecule has 0 radical (unpaired) electrons. The van der Waals surface area contributed by atoms with E-state index in [9.17, 15) is 9.59 Å². The van der Waals surface area contributed by atoms with E-state index in [0.29, 0.717) is 16.7 Å². The highest BCUT2D eigenvalue weighted by Gasteiger charge is 2.18. The number of nitrogens with one attached hydrogen (secondary N) is 1. The molecule has 0 aromatic heterocycles. The topological polar surface area (TPSA) is 66.4 Å². The SMILES string of the molecule is CCCCC(C)CC(Sc1ccc(Br)cc1)c1ccc(C(=O)NCCC(=O)O)cc1. The summed E-state index contributed by atoms with van der Waals surface area (Å²) in [7, 11) is 0. The molecule has 0 aliphatic heterocycles.